The van der Waals surface area contributed by atoms with Gasteiger partial charge in [-0.1, -0.05) is 11.6 Å². The van der Waals surface area contributed by atoms with E-state index in [-0.39, 0.29) is 16.5 Å². The summed E-state index contributed by atoms with van der Waals surface area (Å²) in [5.74, 6) is 0.276. The Labute approximate surface area is 204 Å². The fourth-order valence-corrected chi connectivity index (χ4v) is 3.65. The standard InChI is InChI=1S/C24H18ClFN4O3S/c1-32-22-12-20-16(11-17(22)23(27)31)21(8-9-28-20)33-15-6-7-19(18(25)10-15)30-24(34)29-14-4-2-13(26)3-5-14/h2-12H,1H3,(H2,27,31)(H2,29,30,34). The van der Waals surface area contributed by atoms with E-state index >= 15 is 0 Å². The van der Waals surface area contributed by atoms with E-state index in [2.05, 4.69) is 15.6 Å². The van der Waals surface area contributed by atoms with Crippen molar-refractivity contribution in [2.45, 2.75) is 0 Å². The first-order valence-electron chi connectivity index (χ1n) is 9.91. The number of methoxy groups -OCH3 is 1. The summed E-state index contributed by atoms with van der Waals surface area (Å²) in [6, 6.07) is 15.7. The largest absolute Gasteiger partial charge is 0.496 e. The first-order valence-corrected chi connectivity index (χ1v) is 10.7. The maximum atomic E-state index is 13.1. The zero-order valence-corrected chi connectivity index (χ0v) is 19.3. The van der Waals surface area contributed by atoms with Crippen LogP contribution in [-0.4, -0.2) is 23.1 Å². The fraction of sp³-hybridized carbons (Fsp3) is 0.0417. The molecule has 7 nitrogen and oxygen atoms in total. The van der Waals surface area contributed by atoms with Crippen LogP contribution in [0.25, 0.3) is 10.9 Å². The number of rotatable bonds is 6. The molecule has 0 radical (unpaired) electrons. The number of pyridine rings is 1. The van der Waals surface area contributed by atoms with E-state index in [4.69, 9.17) is 39.0 Å². The lowest BCUT2D eigenvalue weighted by Crippen LogP contribution is -2.19. The molecule has 0 spiro atoms. The van der Waals surface area contributed by atoms with Crippen LogP contribution in [0.2, 0.25) is 5.02 Å². The van der Waals surface area contributed by atoms with Crippen molar-refractivity contribution in [3.63, 3.8) is 0 Å². The molecule has 0 saturated heterocycles. The van der Waals surface area contributed by atoms with Gasteiger partial charge in [0.15, 0.2) is 5.11 Å². The van der Waals surface area contributed by atoms with Gasteiger partial charge < -0.3 is 25.8 Å². The monoisotopic (exact) mass is 496 g/mol. The molecule has 0 aliphatic carbocycles. The van der Waals surface area contributed by atoms with Crippen molar-refractivity contribution in [3.05, 3.63) is 83.3 Å². The number of hydrogen-bond donors (Lipinski definition) is 3. The molecule has 1 amide bonds. The minimum Gasteiger partial charge on any atom is -0.496 e. The Balaban J connectivity index is 1.54. The van der Waals surface area contributed by atoms with E-state index in [0.29, 0.717) is 44.5 Å². The van der Waals surface area contributed by atoms with Crippen LogP contribution in [0.15, 0.2) is 66.9 Å². The van der Waals surface area contributed by atoms with E-state index in [1.54, 1.807) is 54.7 Å². The number of halogens is 2. The van der Waals surface area contributed by atoms with Gasteiger partial charge in [0.05, 0.1) is 28.9 Å². The molecule has 0 atom stereocenters. The number of thiocarbonyl (C=S) groups is 1. The topological polar surface area (TPSA) is 98.5 Å². The molecule has 1 heterocycles. The number of carbonyl (C=O) groups is 1. The third-order valence-electron chi connectivity index (χ3n) is 4.81. The number of nitrogens with two attached hydrogens (primary N) is 1. The number of amides is 1. The van der Waals surface area contributed by atoms with Crippen LogP contribution in [0.1, 0.15) is 10.4 Å². The van der Waals surface area contributed by atoms with Crippen LogP contribution in [0.3, 0.4) is 0 Å². The second kappa shape index (κ2) is 9.90. The van der Waals surface area contributed by atoms with Crippen LogP contribution in [0.4, 0.5) is 15.8 Å². The Kier molecular flexibility index (Phi) is 6.76. The number of anilines is 2. The zero-order chi connectivity index (χ0) is 24.2. The van der Waals surface area contributed by atoms with Crippen molar-refractivity contribution in [1.29, 1.82) is 0 Å². The highest BCUT2D eigenvalue weighted by Crippen LogP contribution is 2.35. The molecule has 4 N–H and O–H groups in total. The third-order valence-corrected chi connectivity index (χ3v) is 5.32. The number of fused-ring (bicyclic) bond motifs is 1. The molecular weight excluding hydrogens is 479 g/mol. The Bertz CT molecular complexity index is 1400. The van der Waals surface area contributed by atoms with Crippen molar-refractivity contribution < 1.29 is 18.7 Å². The van der Waals surface area contributed by atoms with Crippen molar-refractivity contribution in [3.8, 4) is 17.2 Å². The van der Waals surface area contributed by atoms with Gasteiger partial charge >= 0.3 is 0 Å². The number of primary amides is 1. The van der Waals surface area contributed by atoms with Crippen LogP contribution >= 0.6 is 23.8 Å². The van der Waals surface area contributed by atoms with Gasteiger partial charge in [0.1, 0.15) is 23.1 Å². The van der Waals surface area contributed by atoms with Gasteiger partial charge in [-0.2, -0.15) is 0 Å². The summed E-state index contributed by atoms with van der Waals surface area (Å²) in [6.45, 7) is 0. The summed E-state index contributed by atoms with van der Waals surface area (Å²) in [6.07, 6.45) is 1.58. The number of ether oxygens (including phenoxy) is 2. The Hall–Kier alpha value is -3.95. The third kappa shape index (κ3) is 5.16. The van der Waals surface area contributed by atoms with E-state index in [1.807, 2.05) is 0 Å². The molecule has 10 heteroatoms. The molecule has 4 aromatic rings. The van der Waals surface area contributed by atoms with E-state index in [9.17, 15) is 9.18 Å². The lowest BCUT2D eigenvalue weighted by molar-refractivity contribution is 0.0997. The molecule has 0 bridgehead atoms. The normalized spacial score (nSPS) is 10.6. The Morgan fingerprint density at radius 2 is 1.82 bits per heavy atom. The van der Waals surface area contributed by atoms with Crippen LogP contribution in [0, 0.1) is 5.82 Å². The number of aromatic nitrogens is 1. The van der Waals surface area contributed by atoms with Crippen molar-refractivity contribution in [2.24, 2.45) is 5.73 Å². The molecular formula is C24H18ClFN4O3S. The van der Waals surface area contributed by atoms with E-state index in [0.717, 1.165) is 0 Å². The van der Waals surface area contributed by atoms with Crippen molar-refractivity contribution in [2.75, 3.05) is 17.7 Å². The zero-order valence-electron chi connectivity index (χ0n) is 17.8. The number of nitrogens with zero attached hydrogens (tertiary/aromatic N) is 1. The lowest BCUT2D eigenvalue weighted by Gasteiger charge is -2.14. The van der Waals surface area contributed by atoms with Crippen LogP contribution in [0.5, 0.6) is 17.2 Å². The first kappa shape index (κ1) is 23.2. The molecule has 0 aliphatic heterocycles. The Morgan fingerprint density at radius 1 is 1.06 bits per heavy atom. The van der Waals surface area contributed by atoms with Gasteiger partial charge in [0.25, 0.3) is 5.91 Å². The molecule has 0 aliphatic rings. The highest BCUT2D eigenvalue weighted by molar-refractivity contribution is 7.80. The summed E-state index contributed by atoms with van der Waals surface area (Å²) in [4.78, 5) is 16.1. The first-order chi connectivity index (χ1) is 16.3. The highest BCUT2D eigenvalue weighted by atomic mass is 35.5. The van der Waals surface area contributed by atoms with Gasteiger partial charge in [-0.3, -0.25) is 9.78 Å². The molecule has 4 rings (SSSR count). The summed E-state index contributed by atoms with van der Waals surface area (Å²) >= 11 is 11.7. The van der Waals surface area contributed by atoms with Gasteiger partial charge in [-0.05, 0) is 60.7 Å². The summed E-state index contributed by atoms with van der Waals surface area (Å²) in [7, 11) is 1.45. The summed E-state index contributed by atoms with van der Waals surface area (Å²) < 4.78 is 24.3. The molecule has 0 fully saturated rings. The number of hydrogen-bond acceptors (Lipinski definition) is 5. The maximum Gasteiger partial charge on any atom is 0.252 e. The molecule has 0 unspecified atom stereocenters. The predicted molar refractivity (Wildman–Crippen MR) is 135 cm³/mol. The van der Waals surface area contributed by atoms with Gasteiger partial charge in [0.2, 0.25) is 0 Å². The quantitative estimate of drug-likeness (QED) is 0.293. The lowest BCUT2D eigenvalue weighted by atomic mass is 10.1. The minimum absolute atomic E-state index is 0.215. The Morgan fingerprint density at radius 3 is 2.50 bits per heavy atom. The molecule has 3 aromatic carbocycles. The van der Waals surface area contributed by atoms with Gasteiger partial charge in [-0.15, -0.1) is 0 Å². The molecule has 1 aromatic heterocycles. The number of benzene rings is 3. The number of nitrogens with one attached hydrogen (secondary N) is 2. The smallest absolute Gasteiger partial charge is 0.252 e. The number of carbonyl (C=O) groups excluding carboxylic acids is 1. The average molecular weight is 497 g/mol. The minimum atomic E-state index is -0.628. The van der Waals surface area contributed by atoms with Gasteiger partial charge in [0, 0.05) is 29.4 Å². The molecule has 172 valence electrons. The molecule has 0 saturated carbocycles. The van der Waals surface area contributed by atoms with Crippen molar-refractivity contribution >= 4 is 57.1 Å². The summed E-state index contributed by atoms with van der Waals surface area (Å²) in [5, 5.41) is 7.17. The van der Waals surface area contributed by atoms with Crippen molar-refractivity contribution in [1.82, 2.24) is 4.98 Å². The van der Waals surface area contributed by atoms with Crippen LogP contribution < -0.4 is 25.8 Å². The molecule has 34 heavy (non-hydrogen) atoms. The van der Waals surface area contributed by atoms with Gasteiger partial charge in [-0.25, -0.2) is 4.39 Å². The predicted octanol–water partition coefficient (Wildman–Crippen LogP) is 5.74. The maximum absolute atomic E-state index is 13.1. The fourth-order valence-electron chi connectivity index (χ4n) is 3.20. The van der Waals surface area contributed by atoms with Crippen LogP contribution in [-0.2, 0) is 0 Å². The average Bonchev–Trinajstić information content (AvgIpc) is 2.81. The highest BCUT2D eigenvalue weighted by Gasteiger charge is 2.15. The second-order valence-electron chi connectivity index (χ2n) is 7.07. The van der Waals surface area contributed by atoms with E-state index in [1.165, 1.54) is 19.2 Å². The summed E-state index contributed by atoms with van der Waals surface area (Å²) in [5.41, 5.74) is 7.45. The SMILES string of the molecule is COc1cc2nccc(Oc3ccc(NC(=S)Nc4ccc(F)cc4)c(Cl)c3)c2cc1C(N)=O. The van der Waals surface area contributed by atoms with E-state index < -0.39 is 5.91 Å². The second-order valence-corrected chi connectivity index (χ2v) is 7.89.